The fourth-order valence-corrected chi connectivity index (χ4v) is 1.51. The summed E-state index contributed by atoms with van der Waals surface area (Å²) in [6.45, 7) is 10.4. The summed E-state index contributed by atoms with van der Waals surface area (Å²) in [5, 5.41) is 0. The maximum Gasteiger partial charge on any atom is 0 e. The first kappa shape index (κ1) is 19.5. The van der Waals surface area contributed by atoms with E-state index in [0.717, 1.165) is 0 Å². The molecule has 2 nitrogen and oxygen atoms in total. The molecule has 0 fully saturated rings. The lowest BCUT2D eigenvalue weighted by Crippen LogP contribution is -2.23. The number of hydrogen-bond donors (Lipinski definition) is 1. The van der Waals surface area contributed by atoms with Crippen molar-refractivity contribution in [1.29, 1.82) is 0 Å². The van der Waals surface area contributed by atoms with E-state index in [-0.39, 0.29) is 1.43 Å². The molecule has 0 bridgehead atoms. The van der Waals surface area contributed by atoms with Crippen molar-refractivity contribution in [3.63, 3.8) is 0 Å². The van der Waals surface area contributed by atoms with Gasteiger partial charge in [-0.05, 0) is 33.1 Å². The van der Waals surface area contributed by atoms with E-state index in [2.05, 4.69) is 31.4 Å². The fraction of sp³-hybridized carbons (Fsp3) is 0.625. The minimum atomic E-state index is 0. The zero-order valence-electron chi connectivity index (χ0n) is 12.7. The summed E-state index contributed by atoms with van der Waals surface area (Å²) >= 11 is 0. The molecule has 0 spiro atoms. The Kier molecular flexibility index (Phi) is 20.0. The molecule has 0 amide bonds. The largest absolute Gasteiger partial charge is 0.333 e. The minimum absolute atomic E-state index is 0. The number of rotatable bonds is 6. The second kappa shape index (κ2) is 18.5. The van der Waals surface area contributed by atoms with Gasteiger partial charge in [-0.15, -0.1) is 0 Å². The molecule has 18 heavy (non-hydrogen) atoms. The number of benzene rings is 1. The van der Waals surface area contributed by atoms with E-state index in [1.807, 2.05) is 36.4 Å². The average Bonchev–Trinajstić information content (AvgIpc) is 2.48. The van der Waals surface area contributed by atoms with Gasteiger partial charge in [-0.25, -0.2) is 0 Å². The number of nitrogens with two attached hydrogens (primary N) is 1. The lowest BCUT2D eigenvalue weighted by atomic mass is 10.2. The standard InChI is InChI=1S/C9H21N.C6H6.CH5N.H2/c1-4-7-8-9-10(5-2)6-3;1-2-4-6-5-3-1;1-2;/h4-9H2,1-3H3;1-6H;2H2,1H3;1H. The van der Waals surface area contributed by atoms with Crippen LogP contribution in [0.25, 0.3) is 0 Å². The van der Waals surface area contributed by atoms with Gasteiger partial charge in [0.25, 0.3) is 0 Å². The Balaban J connectivity index is -0.000000243. The summed E-state index contributed by atoms with van der Waals surface area (Å²) in [6, 6.07) is 12.0. The summed E-state index contributed by atoms with van der Waals surface area (Å²) in [5.41, 5.74) is 4.50. The molecule has 2 N–H and O–H groups in total. The van der Waals surface area contributed by atoms with Gasteiger partial charge in [0.05, 0.1) is 0 Å². The smallest absolute Gasteiger partial charge is 0 e. The van der Waals surface area contributed by atoms with Crippen LogP contribution in [0.2, 0.25) is 0 Å². The molecule has 0 saturated heterocycles. The first-order valence-corrected chi connectivity index (χ1v) is 7.15. The van der Waals surface area contributed by atoms with Crippen LogP contribution in [-0.2, 0) is 0 Å². The van der Waals surface area contributed by atoms with Crippen LogP contribution in [0.1, 0.15) is 41.5 Å². The van der Waals surface area contributed by atoms with Crippen LogP contribution < -0.4 is 5.73 Å². The topological polar surface area (TPSA) is 29.3 Å². The van der Waals surface area contributed by atoms with E-state index >= 15 is 0 Å². The van der Waals surface area contributed by atoms with Crippen molar-refractivity contribution in [2.24, 2.45) is 5.73 Å². The molecule has 0 aliphatic rings. The zero-order valence-corrected chi connectivity index (χ0v) is 12.7. The van der Waals surface area contributed by atoms with E-state index in [9.17, 15) is 0 Å². The summed E-state index contributed by atoms with van der Waals surface area (Å²) in [6.07, 6.45) is 4.09. The Morgan fingerprint density at radius 1 is 0.778 bits per heavy atom. The quantitative estimate of drug-likeness (QED) is 0.777. The third-order valence-corrected chi connectivity index (χ3v) is 2.64. The molecule has 0 unspecified atom stereocenters. The van der Waals surface area contributed by atoms with Crippen molar-refractivity contribution in [2.45, 2.75) is 40.0 Å². The molecule has 1 aromatic carbocycles. The van der Waals surface area contributed by atoms with Crippen LogP contribution >= 0.6 is 0 Å². The first-order chi connectivity index (χ1) is 8.85. The normalized spacial score (nSPS) is 9.00. The third kappa shape index (κ3) is 15.1. The van der Waals surface area contributed by atoms with Gasteiger partial charge in [0.1, 0.15) is 0 Å². The molecule has 0 aliphatic heterocycles. The van der Waals surface area contributed by atoms with E-state index in [1.54, 1.807) is 0 Å². The van der Waals surface area contributed by atoms with E-state index in [1.165, 1.54) is 45.9 Å². The molecule has 0 aromatic heterocycles. The van der Waals surface area contributed by atoms with Crippen molar-refractivity contribution in [3.05, 3.63) is 36.4 Å². The van der Waals surface area contributed by atoms with Crippen LogP contribution in [-0.4, -0.2) is 31.6 Å². The number of unbranched alkanes of at least 4 members (excludes halogenated alkanes) is 2. The molecule has 2 heteroatoms. The Morgan fingerprint density at radius 2 is 1.17 bits per heavy atom. The maximum absolute atomic E-state index is 4.50. The van der Waals surface area contributed by atoms with Crippen molar-refractivity contribution < 1.29 is 1.43 Å². The summed E-state index contributed by atoms with van der Waals surface area (Å²) in [5.74, 6) is 0. The van der Waals surface area contributed by atoms with Crippen LogP contribution in [0.4, 0.5) is 0 Å². The molecule has 0 saturated carbocycles. The molecule has 0 radical (unpaired) electrons. The highest BCUT2D eigenvalue weighted by Gasteiger charge is 1.95. The molecule has 1 rings (SSSR count). The van der Waals surface area contributed by atoms with Gasteiger partial charge >= 0.3 is 0 Å². The van der Waals surface area contributed by atoms with Gasteiger partial charge in [-0.1, -0.05) is 70.0 Å². The highest BCUT2D eigenvalue weighted by molar-refractivity contribution is 4.99. The van der Waals surface area contributed by atoms with Gasteiger partial charge in [0, 0.05) is 1.43 Å². The van der Waals surface area contributed by atoms with E-state index in [4.69, 9.17) is 0 Å². The Bertz CT molecular complexity index is 187. The monoisotopic (exact) mass is 254 g/mol. The SMILES string of the molecule is CCCCCN(CC)CC.CN.[HH].c1ccccc1. The maximum atomic E-state index is 4.50. The van der Waals surface area contributed by atoms with Gasteiger partial charge in [-0.3, -0.25) is 0 Å². The highest BCUT2D eigenvalue weighted by Crippen LogP contribution is 1.96. The third-order valence-electron chi connectivity index (χ3n) is 2.64. The summed E-state index contributed by atoms with van der Waals surface area (Å²) < 4.78 is 0. The lowest BCUT2D eigenvalue weighted by Gasteiger charge is -2.16. The number of hydrogen-bond acceptors (Lipinski definition) is 2. The zero-order chi connectivity index (χ0) is 14.1. The molecular formula is C16H34N2. The molecule has 1 aromatic rings. The molecule has 0 heterocycles. The summed E-state index contributed by atoms with van der Waals surface area (Å²) in [4.78, 5) is 2.48. The summed E-state index contributed by atoms with van der Waals surface area (Å²) in [7, 11) is 1.50. The fourth-order valence-electron chi connectivity index (χ4n) is 1.51. The van der Waals surface area contributed by atoms with Crippen molar-refractivity contribution >= 4 is 0 Å². The molecule has 0 aliphatic carbocycles. The lowest BCUT2D eigenvalue weighted by molar-refractivity contribution is 0.296. The highest BCUT2D eigenvalue weighted by atomic mass is 15.1. The average molecular weight is 254 g/mol. The second-order valence-corrected chi connectivity index (χ2v) is 3.89. The Hall–Kier alpha value is -0.860. The molecule has 0 atom stereocenters. The van der Waals surface area contributed by atoms with Crippen LogP contribution in [0, 0.1) is 0 Å². The van der Waals surface area contributed by atoms with Gasteiger partial charge < -0.3 is 10.6 Å². The Morgan fingerprint density at radius 3 is 1.44 bits per heavy atom. The number of nitrogens with zero attached hydrogens (tertiary/aromatic N) is 1. The predicted molar refractivity (Wildman–Crippen MR) is 86.0 cm³/mol. The van der Waals surface area contributed by atoms with Crippen LogP contribution in [0.15, 0.2) is 36.4 Å². The van der Waals surface area contributed by atoms with Crippen LogP contribution in [0.3, 0.4) is 0 Å². The first-order valence-electron chi connectivity index (χ1n) is 7.15. The predicted octanol–water partition coefficient (Wildman–Crippen LogP) is 4.03. The van der Waals surface area contributed by atoms with E-state index in [0.29, 0.717) is 0 Å². The van der Waals surface area contributed by atoms with Gasteiger partial charge in [0.15, 0.2) is 0 Å². The van der Waals surface area contributed by atoms with E-state index < -0.39 is 0 Å². The van der Waals surface area contributed by atoms with Crippen molar-refractivity contribution in [1.82, 2.24) is 4.90 Å². The van der Waals surface area contributed by atoms with Crippen molar-refractivity contribution in [3.8, 4) is 0 Å². The van der Waals surface area contributed by atoms with Gasteiger partial charge in [-0.2, -0.15) is 0 Å². The molecule has 108 valence electrons. The second-order valence-electron chi connectivity index (χ2n) is 3.89. The minimum Gasteiger partial charge on any atom is -0.333 e. The molecular weight excluding hydrogens is 220 g/mol. The van der Waals surface area contributed by atoms with Crippen LogP contribution in [0.5, 0.6) is 0 Å². The van der Waals surface area contributed by atoms with Crippen molar-refractivity contribution in [2.75, 3.05) is 26.7 Å². The Labute approximate surface area is 116 Å². The van der Waals surface area contributed by atoms with Gasteiger partial charge in [0.2, 0.25) is 0 Å².